The topological polar surface area (TPSA) is 102 Å². The fourth-order valence-corrected chi connectivity index (χ4v) is 4.18. The van der Waals surface area contributed by atoms with E-state index in [2.05, 4.69) is 23.5 Å². The number of aromatic amines is 1. The number of aliphatic hydroxyl groups excluding tert-OH is 1. The second-order valence-corrected chi connectivity index (χ2v) is 9.01. The Bertz CT molecular complexity index is 1390. The molecule has 0 aliphatic rings. The highest BCUT2D eigenvalue weighted by molar-refractivity contribution is 7.79. The van der Waals surface area contributed by atoms with Crippen LogP contribution in [-0.2, 0) is 17.5 Å². The van der Waals surface area contributed by atoms with E-state index in [1.54, 1.807) is 24.3 Å². The number of allylic oxidation sites excluding steroid dienone is 6. The molecule has 0 aliphatic heterocycles. The molecule has 0 fully saturated rings. The zero-order chi connectivity index (χ0) is 27.2. The molecule has 0 aliphatic carbocycles. The second-order valence-electron chi connectivity index (χ2n) is 8.04. The lowest BCUT2D eigenvalue weighted by molar-refractivity contribution is -0.0894. The normalized spacial score (nSPS) is 14.3. The van der Waals surface area contributed by atoms with Crippen LogP contribution in [0.4, 0.5) is 13.2 Å². The van der Waals surface area contributed by atoms with Crippen LogP contribution in [0.15, 0.2) is 102 Å². The molecule has 2 atom stereocenters. The summed E-state index contributed by atoms with van der Waals surface area (Å²) in [4.78, 5) is 16.1. The van der Waals surface area contributed by atoms with E-state index in [1.807, 2.05) is 0 Å². The van der Waals surface area contributed by atoms with Crippen molar-refractivity contribution in [3.05, 3.63) is 114 Å². The van der Waals surface area contributed by atoms with Gasteiger partial charge in [0.2, 0.25) is 0 Å². The molecule has 0 saturated heterocycles. The monoisotopic (exact) mass is 530 g/mol. The summed E-state index contributed by atoms with van der Waals surface area (Å²) in [6.45, 7) is 6.48. The first kappa shape index (κ1) is 27.9. The molecular weight excluding hydrogens is 505 g/mol. The molecule has 3 rings (SSSR count). The minimum Gasteiger partial charge on any atom is -0.394 e. The molecule has 1 aromatic heterocycles. The van der Waals surface area contributed by atoms with Gasteiger partial charge in [-0.15, -0.1) is 0 Å². The fourth-order valence-electron chi connectivity index (χ4n) is 3.81. The first-order chi connectivity index (χ1) is 17.6. The molecule has 0 saturated carbocycles. The number of nitrogens with one attached hydrogen (secondary N) is 2. The third-order valence-corrected chi connectivity index (χ3v) is 6.22. The second kappa shape index (κ2) is 12.0. The van der Waals surface area contributed by atoms with Crippen molar-refractivity contribution in [3.8, 4) is 0 Å². The highest BCUT2D eigenvalue weighted by Crippen LogP contribution is 2.33. The van der Waals surface area contributed by atoms with E-state index in [0.29, 0.717) is 22.2 Å². The summed E-state index contributed by atoms with van der Waals surface area (Å²) in [6.07, 6.45) is -0.0434. The maximum Gasteiger partial charge on any atom is 0.416 e. The maximum absolute atomic E-state index is 13.6. The van der Waals surface area contributed by atoms with Gasteiger partial charge in [0.05, 0.1) is 23.1 Å². The summed E-state index contributed by atoms with van der Waals surface area (Å²) in [5.74, 6) is -0.473. The van der Waals surface area contributed by atoms with E-state index in [0.717, 1.165) is 12.2 Å². The Balaban J connectivity index is 1.83. The van der Waals surface area contributed by atoms with Gasteiger partial charge in [-0.05, 0) is 47.5 Å². The number of hydrogen-bond acceptors (Lipinski definition) is 3. The average molecular weight is 531 g/mol. The molecule has 1 unspecified atom stereocenters. The van der Waals surface area contributed by atoms with Crippen LogP contribution in [0.5, 0.6) is 0 Å². The van der Waals surface area contributed by atoms with Crippen molar-refractivity contribution in [1.29, 1.82) is 0 Å². The number of aromatic nitrogens is 1. The fraction of sp³-hybridized carbons (Fsp3) is 0.148. The van der Waals surface area contributed by atoms with Crippen molar-refractivity contribution < 1.29 is 31.8 Å². The van der Waals surface area contributed by atoms with Crippen LogP contribution in [0, 0.1) is 0 Å². The minimum absolute atomic E-state index is 0.00811. The summed E-state index contributed by atoms with van der Waals surface area (Å²) in [6, 6.07) is 11.6. The molecule has 2 aromatic carbocycles. The zero-order valence-corrected chi connectivity index (χ0v) is 20.4. The molecule has 6 nitrogen and oxygen atoms in total. The Morgan fingerprint density at radius 3 is 2.32 bits per heavy atom. The van der Waals surface area contributed by atoms with Gasteiger partial charge in [0.15, 0.2) is 11.1 Å². The quantitative estimate of drug-likeness (QED) is 0.204. The number of carbonyl (C=O) groups is 1. The van der Waals surface area contributed by atoms with Crippen molar-refractivity contribution in [2.24, 2.45) is 0 Å². The summed E-state index contributed by atoms with van der Waals surface area (Å²) in [5.41, 5.74) is 1.16. The van der Waals surface area contributed by atoms with E-state index in [1.165, 1.54) is 36.4 Å². The van der Waals surface area contributed by atoms with Gasteiger partial charge < -0.3 is 20.0 Å². The van der Waals surface area contributed by atoms with Gasteiger partial charge in [0.25, 0.3) is 5.91 Å². The van der Waals surface area contributed by atoms with Crippen molar-refractivity contribution in [1.82, 2.24) is 10.3 Å². The number of benzene rings is 2. The van der Waals surface area contributed by atoms with Crippen LogP contribution in [0.2, 0.25) is 0 Å². The van der Waals surface area contributed by atoms with Gasteiger partial charge in [-0.25, -0.2) is 4.21 Å². The molecule has 10 heteroatoms. The van der Waals surface area contributed by atoms with Crippen LogP contribution in [-0.4, -0.2) is 37.5 Å². The molecule has 0 radical (unpaired) electrons. The Morgan fingerprint density at radius 2 is 1.76 bits per heavy atom. The van der Waals surface area contributed by atoms with Crippen molar-refractivity contribution in [2.45, 2.75) is 23.5 Å². The van der Waals surface area contributed by atoms with Crippen LogP contribution in [0.3, 0.4) is 0 Å². The molecule has 37 heavy (non-hydrogen) atoms. The number of halogens is 3. The number of H-pyrrole nitrogens is 1. The van der Waals surface area contributed by atoms with E-state index >= 15 is 0 Å². The molecule has 0 bridgehead atoms. The average Bonchev–Trinajstić information content (AvgIpc) is 3.26. The summed E-state index contributed by atoms with van der Waals surface area (Å²) < 4.78 is 60.9. The van der Waals surface area contributed by atoms with Crippen molar-refractivity contribution >= 4 is 27.9 Å². The van der Waals surface area contributed by atoms with Gasteiger partial charge in [-0.3, -0.25) is 4.79 Å². The van der Waals surface area contributed by atoms with Gasteiger partial charge >= 0.3 is 6.18 Å². The van der Waals surface area contributed by atoms with Crippen molar-refractivity contribution in [2.75, 3.05) is 6.61 Å². The SMILES string of the molecule is C=C/C=C(Cc1cc2cc(C(=O)N[C@@H](CO)c3ccc(S(=O)O)cc3)ccc2[nH]1)\C(=C/C=C)C(F)(F)F. The van der Waals surface area contributed by atoms with Crippen molar-refractivity contribution in [3.63, 3.8) is 0 Å². The van der Waals surface area contributed by atoms with E-state index in [-0.39, 0.29) is 22.5 Å². The third kappa shape index (κ3) is 6.94. The van der Waals surface area contributed by atoms with Crippen LogP contribution >= 0.6 is 0 Å². The zero-order valence-electron chi connectivity index (χ0n) is 19.6. The Hall–Kier alpha value is -3.73. The lowest BCUT2D eigenvalue weighted by atomic mass is 9.99. The number of fused-ring (bicyclic) bond motifs is 1. The van der Waals surface area contributed by atoms with Gasteiger partial charge in [0.1, 0.15) is 0 Å². The highest BCUT2D eigenvalue weighted by atomic mass is 32.2. The molecule has 0 spiro atoms. The van der Waals surface area contributed by atoms with Gasteiger partial charge in [-0.2, -0.15) is 13.2 Å². The van der Waals surface area contributed by atoms with Gasteiger partial charge in [-0.1, -0.05) is 49.6 Å². The van der Waals surface area contributed by atoms with Gasteiger partial charge in [0, 0.05) is 28.6 Å². The Kier molecular flexibility index (Phi) is 9.04. The maximum atomic E-state index is 13.6. The lowest BCUT2D eigenvalue weighted by Crippen LogP contribution is -2.30. The number of hydrogen-bond donors (Lipinski definition) is 4. The third-order valence-electron chi connectivity index (χ3n) is 5.55. The molecule has 1 heterocycles. The standard InChI is InChI=1S/C27H25F3N2O4S/c1-3-5-18(23(6-4-2)27(28,29)30)14-21-15-20-13-19(9-12-24(20)31-21)26(34)32-25(16-33)17-7-10-22(11-8-17)37(35)36/h3-13,15,25,31,33H,1-2,14,16H2,(H,32,34)(H,35,36)/b18-5-,23-6+/t25-/m0/s1. The smallest absolute Gasteiger partial charge is 0.394 e. The summed E-state index contributed by atoms with van der Waals surface area (Å²) in [7, 11) is 0. The summed E-state index contributed by atoms with van der Waals surface area (Å²) >= 11 is -2.14. The summed E-state index contributed by atoms with van der Waals surface area (Å²) in [5, 5.41) is 13.1. The van der Waals surface area contributed by atoms with E-state index in [4.69, 9.17) is 4.55 Å². The molecule has 194 valence electrons. The lowest BCUT2D eigenvalue weighted by Gasteiger charge is -2.17. The Labute approximate surface area is 214 Å². The first-order valence-electron chi connectivity index (χ1n) is 11.0. The largest absolute Gasteiger partial charge is 0.416 e. The number of amides is 1. The molecule has 1 amide bonds. The Morgan fingerprint density at radius 1 is 1.08 bits per heavy atom. The molecule has 4 N–H and O–H groups in total. The number of alkyl halides is 3. The first-order valence-corrected chi connectivity index (χ1v) is 12.1. The number of rotatable bonds is 10. The number of carbonyl (C=O) groups excluding carboxylic acids is 1. The van der Waals surface area contributed by atoms with Crippen LogP contribution < -0.4 is 5.32 Å². The van der Waals surface area contributed by atoms with Crippen LogP contribution in [0.25, 0.3) is 10.9 Å². The minimum atomic E-state index is -4.57. The van der Waals surface area contributed by atoms with E-state index < -0.39 is 41.4 Å². The van der Waals surface area contributed by atoms with Crippen LogP contribution in [0.1, 0.15) is 27.7 Å². The molecular formula is C27H25F3N2O4S. The van der Waals surface area contributed by atoms with E-state index in [9.17, 15) is 27.3 Å². The predicted octanol–water partition coefficient (Wildman–Crippen LogP) is 5.54. The predicted molar refractivity (Wildman–Crippen MR) is 137 cm³/mol. The molecule has 3 aromatic rings. The number of aliphatic hydroxyl groups is 1. The highest BCUT2D eigenvalue weighted by Gasteiger charge is 2.35.